The Kier molecular flexibility index (Phi) is 9.36. The van der Waals surface area contributed by atoms with E-state index in [1.165, 1.54) is 7.11 Å². The van der Waals surface area contributed by atoms with Crippen LogP contribution in [0.2, 0.25) is 0 Å². The summed E-state index contributed by atoms with van der Waals surface area (Å²) < 4.78 is 36.4. The van der Waals surface area contributed by atoms with Crippen molar-refractivity contribution in [1.82, 2.24) is 5.32 Å². The lowest BCUT2D eigenvalue weighted by Gasteiger charge is -2.31. The highest BCUT2D eigenvalue weighted by Crippen LogP contribution is 2.26. The van der Waals surface area contributed by atoms with Gasteiger partial charge in [0.05, 0.1) is 7.11 Å². The first-order valence-electron chi connectivity index (χ1n) is 6.36. The Labute approximate surface area is 125 Å². The maximum absolute atomic E-state index is 11.2. The molecule has 0 radical (unpaired) electrons. The van der Waals surface area contributed by atoms with Gasteiger partial charge in [-0.05, 0) is 37.8 Å². The molecule has 0 unspecified atom stereocenters. The number of halogens is 4. The van der Waals surface area contributed by atoms with Crippen molar-refractivity contribution >= 4 is 23.5 Å². The molecule has 0 aromatic rings. The first-order valence-corrected chi connectivity index (χ1v) is 6.89. The quantitative estimate of drug-likeness (QED) is 0.608. The number of carboxylic acid groups (broad SMARTS) is 1. The minimum absolute atomic E-state index is 0.100. The van der Waals surface area contributed by atoms with Crippen LogP contribution in [0.25, 0.3) is 0 Å². The minimum Gasteiger partial charge on any atom is -0.475 e. The van der Waals surface area contributed by atoms with Crippen molar-refractivity contribution < 1.29 is 32.6 Å². The van der Waals surface area contributed by atoms with E-state index in [0.29, 0.717) is 24.1 Å². The topological polar surface area (TPSA) is 75.6 Å². The summed E-state index contributed by atoms with van der Waals surface area (Å²) in [5.41, 5.74) is 0. The minimum atomic E-state index is -5.08. The van der Waals surface area contributed by atoms with E-state index in [0.717, 1.165) is 25.9 Å². The van der Waals surface area contributed by atoms with Crippen LogP contribution < -0.4 is 5.32 Å². The summed E-state index contributed by atoms with van der Waals surface area (Å²) in [5, 5.41) is 10.5. The first kappa shape index (κ1) is 20.0. The van der Waals surface area contributed by atoms with Gasteiger partial charge in [0, 0.05) is 12.3 Å². The number of carboxylic acids is 1. The lowest BCUT2D eigenvalue weighted by molar-refractivity contribution is -0.192. The number of nitrogens with one attached hydrogen (secondary N) is 1. The monoisotopic (exact) mass is 333 g/mol. The number of aliphatic carboxylic acids is 1. The van der Waals surface area contributed by atoms with Crippen molar-refractivity contribution in [3.63, 3.8) is 0 Å². The van der Waals surface area contributed by atoms with E-state index in [9.17, 15) is 18.0 Å². The van der Waals surface area contributed by atoms with E-state index in [1.807, 2.05) is 0 Å². The van der Waals surface area contributed by atoms with Gasteiger partial charge in [0.1, 0.15) is 0 Å². The van der Waals surface area contributed by atoms with Crippen molar-refractivity contribution in [3.05, 3.63) is 0 Å². The van der Waals surface area contributed by atoms with Crippen LogP contribution in [0.1, 0.15) is 19.3 Å². The lowest BCUT2D eigenvalue weighted by atomic mass is 9.82. The molecule has 0 aliphatic carbocycles. The highest BCUT2D eigenvalue weighted by molar-refractivity contribution is 6.17. The van der Waals surface area contributed by atoms with Crippen LogP contribution in [0.3, 0.4) is 0 Å². The van der Waals surface area contributed by atoms with Gasteiger partial charge in [0.25, 0.3) is 0 Å². The van der Waals surface area contributed by atoms with Crippen molar-refractivity contribution in [2.45, 2.75) is 25.4 Å². The van der Waals surface area contributed by atoms with E-state index in [4.69, 9.17) is 21.5 Å². The van der Waals surface area contributed by atoms with Crippen LogP contribution in [-0.4, -0.2) is 49.3 Å². The second kappa shape index (κ2) is 9.83. The third kappa shape index (κ3) is 8.77. The van der Waals surface area contributed by atoms with Gasteiger partial charge < -0.3 is 15.2 Å². The third-order valence-corrected chi connectivity index (χ3v) is 3.36. The Morgan fingerprint density at radius 3 is 2.38 bits per heavy atom. The van der Waals surface area contributed by atoms with Gasteiger partial charge in [-0.2, -0.15) is 13.2 Å². The zero-order valence-corrected chi connectivity index (χ0v) is 12.3. The molecule has 0 spiro atoms. The summed E-state index contributed by atoms with van der Waals surface area (Å²) in [7, 11) is 1.44. The molecule has 0 amide bonds. The van der Waals surface area contributed by atoms with Crippen LogP contribution in [0.15, 0.2) is 0 Å². The van der Waals surface area contributed by atoms with E-state index < -0.39 is 12.1 Å². The predicted octanol–water partition coefficient (Wildman–Crippen LogP) is 2.04. The van der Waals surface area contributed by atoms with Crippen LogP contribution >= 0.6 is 11.6 Å². The number of piperidine rings is 1. The predicted molar refractivity (Wildman–Crippen MR) is 70.1 cm³/mol. The molecule has 0 bridgehead atoms. The molecule has 9 heteroatoms. The van der Waals surface area contributed by atoms with Gasteiger partial charge in [-0.15, -0.1) is 11.6 Å². The van der Waals surface area contributed by atoms with Crippen molar-refractivity contribution in [2.24, 2.45) is 11.8 Å². The number of esters is 1. The Bertz CT molecular complexity index is 337. The van der Waals surface area contributed by atoms with E-state index in [1.54, 1.807) is 0 Å². The van der Waals surface area contributed by atoms with Crippen molar-refractivity contribution in [1.29, 1.82) is 0 Å². The van der Waals surface area contributed by atoms with Gasteiger partial charge in [-0.1, -0.05) is 0 Å². The van der Waals surface area contributed by atoms with Gasteiger partial charge in [0.2, 0.25) is 0 Å². The van der Waals surface area contributed by atoms with E-state index in [2.05, 4.69) is 10.1 Å². The normalized spacial score (nSPS) is 22.0. The fourth-order valence-corrected chi connectivity index (χ4v) is 2.30. The first-order chi connectivity index (χ1) is 9.72. The molecule has 2 N–H and O–H groups in total. The average Bonchev–Trinajstić information content (AvgIpc) is 2.40. The maximum atomic E-state index is 11.2. The molecule has 0 saturated carbocycles. The molecule has 124 valence electrons. The van der Waals surface area contributed by atoms with Gasteiger partial charge in [-0.25, -0.2) is 4.79 Å². The molecule has 1 saturated heterocycles. The van der Waals surface area contributed by atoms with Crippen molar-refractivity contribution in [2.75, 3.05) is 26.1 Å². The summed E-state index contributed by atoms with van der Waals surface area (Å²) in [6, 6.07) is 0. The second-order valence-corrected chi connectivity index (χ2v) is 4.95. The zero-order chi connectivity index (χ0) is 16.5. The largest absolute Gasteiger partial charge is 0.490 e. The number of rotatable bonds is 4. The number of alkyl halides is 4. The third-order valence-electron chi connectivity index (χ3n) is 3.14. The Hall–Kier alpha value is -1.02. The van der Waals surface area contributed by atoms with Gasteiger partial charge in [-0.3, -0.25) is 4.79 Å². The summed E-state index contributed by atoms with van der Waals surface area (Å²) in [4.78, 5) is 20.1. The molecule has 1 fully saturated rings. The molecule has 1 aliphatic heterocycles. The van der Waals surface area contributed by atoms with E-state index >= 15 is 0 Å². The lowest BCUT2D eigenvalue weighted by Crippen LogP contribution is -2.37. The molecule has 21 heavy (non-hydrogen) atoms. The second-order valence-electron chi connectivity index (χ2n) is 4.57. The highest BCUT2D eigenvalue weighted by atomic mass is 35.5. The summed E-state index contributed by atoms with van der Waals surface area (Å²) in [5.74, 6) is -1.21. The fraction of sp³-hybridized carbons (Fsp3) is 0.833. The van der Waals surface area contributed by atoms with Crippen LogP contribution in [0, 0.1) is 11.8 Å². The molecular weight excluding hydrogens is 315 g/mol. The zero-order valence-electron chi connectivity index (χ0n) is 11.6. The maximum Gasteiger partial charge on any atom is 0.490 e. The Balaban J connectivity index is 0.000000486. The van der Waals surface area contributed by atoms with Gasteiger partial charge in [0.15, 0.2) is 0 Å². The van der Waals surface area contributed by atoms with Crippen LogP contribution in [0.5, 0.6) is 0 Å². The SMILES string of the molecule is COC(=O)C[C@@H]1CCNC[C@@H]1CCCl.O=C(O)C(F)(F)F. The summed E-state index contributed by atoms with van der Waals surface area (Å²) >= 11 is 5.73. The summed E-state index contributed by atoms with van der Waals surface area (Å²) in [6.07, 6.45) is -2.51. The molecule has 1 rings (SSSR count). The fourth-order valence-electron chi connectivity index (χ4n) is 2.02. The summed E-state index contributed by atoms with van der Waals surface area (Å²) in [6.45, 7) is 1.98. The molecule has 1 heterocycles. The number of carbonyl (C=O) groups is 2. The average molecular weight is 334 g/mol. The molecule has 1 aliphatic rings. The Morgan fingerprint density at radius 2 is 1.95 bits per heavy atom. The molecule has 0 aromatic carbocycles. The smallest absolute Gasteiger partial charge is 0.475 e. The van der Waals surface area contributed by atoms with Crippen LogP contribution in [0.4, 0.5) is 13.2 Å². The van der Waals surface area contributed by atoms with Crippen molar-refractivity contribution in [3.8, 4) is 0 Å². The number of methoxy groups -OCH3 is 1. The number of hydrogen-bond donors (Lipinski definition) is 2. The molecule has 5 nitrogen and oxygen atoms in total. The van der Waals surface area contributed by atoms with Crippen LogP contribution in [-0.2, 0) is 14.3 Å². The highest BCUT2D eigenvalue weighted by Gasteiger charge is 2.38. The molecular formula is C12H19ClF3NO4. The number of carbonyl (C=O) groups excluding carboxylic acids is 1. The van der Waals surface area contributed by atoms with E-state index in [-0.39, 0.29) is 5.97 Å². The standard InChI is InChI=1S/C10H18ClNO2.C2HF3O2/c1-14-10(13)6-8-3-5-12-7-9(8)2-4-11;3-2(4,5)1(6)7/h8-9,12H,2-7H2,1H3;(H,6,7)/t8-,9-;/m0./s1. The molecule has 0 aromatic heterocycles. The van der Waals surface area contributed by atoms with Gasteiger partial charge >= 0.3 is 18.1 Å². The number of ether oxygens (including phenoxy) is 1. The molecule has 2 atom stereocenters. The Morgan fingerprint density at radius 1 is 1.38 bits per heavy atom. The number of hydrogen-bond acceptors (Lipinski definition) is 4.